The lowest BCUT2D eigenvalue weighted by atomic mass is 9.89. The van der Waals surface area contributed by atoms with Crippen LogP contribution in [0.2, 0.25) is 0 Å². The van der Waals surface area contributed by atoms with E-state index in [0.717, 1.165) is 61.4 Å². The van der Waals surface area contributed by atoms with Gasteiger partial charge in [-0.05, 0) is 31.9 Å². The van der Waals surface area contributed by atoms with E-state index in [1.807, 2.05) is 25.1 Å². The van der Waals surface area contributed by atoms with Gasteiger partial charge in [-0.25, -0.2) is 15.0 Å². The summed E-state index contributed by atoms with van der Waals surface area (Å²) >= 11 is 0. The lowest BCUT2D eigenvalue weighted by Crippen LogP contribution is -2.46. The van der Waals surface area contributed by atoms with E-state index >= 15 is 0 Å². The summed E-state index contributed by atoms with van der Waals surface area (Å²) in [6, 6.07) is 10.1. The molecule has 3 aromatic rings. The molecule has 1 saturated carbocycles. The van der Waals surface area contributed by atoms with Crippen LogP contribution in [0.5, 0.6) is 0 Å². The van der Waals surface area contributed by atoms with Gasteiger partial charge in [0.05, 0.1) is 17.0 Å². The zero-order valence-corrected chi connectivity index (χ0v) is 17.6. The van der Waals surface area contributed by atoms with E-state index in [1.165, 1.54) is 6.42 Å². The molecule has 5 rings (SSSR count). The maximum absolute atomic E-state index is 12.6. The summed E-state index contributed by atoms with van der Waals surface area (Å²) < 4.78 is 2.19. The number of para-hydroxylation sites is 2. The Balaban J connectivity index is 1.28. The molecule has 2 aliphatic rings. The van der Waals surface area contributed by atoms with Gasteiger partial charge in [-0.1, -0.05) is 31.4 Å². The van der Waals surface area contributed by atoms with Crippen molar-refractivity contribution in [2.45, 2.75) is 44.9 Å². The molecule has 1 saturated heterocycles. The minimum atomic E-state index is 0.0972. The summed E-state index contributed by atoms with van der Waals surface area (Å²) in [5, 5.41) is 3.03. The number of hydrogen-bond donors (Lipinski definition) is 1. The summed E-state index contributed by atoms with van der Waals surface area (Å²) in [7, 11) is 2.08. The zero-order valence-electron chi connectivity index (χ0n) is 17.6. The number of nitrogens with one attached hydrogen (secondary N) is 1. The maximum atomic E-state index is 12.6. The molecule has 0 radical (unpaired) electrons. The normalized spacial score (nSPS) is 17.9. The van der Waals surface area contributed by atoms with E-state index in [0.29, 0.717) is 17.6 Å². The Hall–Kier alpha value is -2.96. The summed E-state index contributed by atoms with van der Waals surface area (Å²) in [6.45, 7) is 3.61. The van der Waals surface area contributed by atoms with Gasteiger partial charge < -0.3 is 14.8 Å². The van der Waals surface area contributed by atoms with Gasteiger partial charge in [-0.3, -0.25) is 4.79 Å². The van der Waals surface area contributed by atoms with E-state index in [-0.39, 0.29) is 11.8 Å². The predicted octanol–water partition coefficient (Wildman–Crippen LogP) is 3.79. The van der Waals surface area contributed by atoms with Crippen LogP contribution < -0.4 is 10.2 Å². The minimum Gasteiger partial charge on any atom is -0.355 e. The molecule has 156 valence electrons. The highest BCUT2D eigenvalue weighted by molar-refractivity contribution is 5.92. The Bertz CT molecular complexity index is 1080. The predicted molar refractivity (Wildman–Crippen MR) is 118 cm³/mol. The number of aromatic nitrogens is 4. The average molecular weight is 405 g/mol. The van der Waals surface area contributed by atoms with Gasteiger partial charge in [0.2, 0.25) is 5.91 Å². The molecule has 30 heavy (non-hydrogen) atoms. The first-order valence-corrected chi connectivity index (χ1v) is 10.9. The second kappa shape index (κ2) is 7.70. The third-order valence-electron chi connectivity index (χ3n) is 6.44. The van der Waals surface area contributed by atoms with Gasteiger partial charge in [0.1, 0.15) is 23.3 Å². The number of carbonyl (C=O) groups excluding carboxylic acids is 1. The standard InChI is InChI=1S/C23H28N6O/c1-15-24-20(27-23(30)16-8-4-3-5-9-16)12-21(25-15)29-13-17(14-29)22-26-18-10-6-7-11-19(18)28(22)2/h6-7,10-12,16-17H,3-5,8-9,13-14H2,1-2H3,(H,24,25,27,30). The lowest BCUT2D eigenvalue weighted by Gasteiger charge is -2.39. The second-order valence-electron chi connectivity index (χ2n) is 8.60. The second-order valence-corrected chi connectivity index (χ2v) is 8.60. The van der Waals surface area contributed by atoms with Crippen LogP contribution in [0.1, 0.15) is 49.7 Å². The number of imidazole rings is 1. The average Bonchev–Trinajstić information content (AvgIpc) is 3.04. The topological polar surface area (TPSA) is 75.9 Å². The number of fused-ring (bicyclic) bond motifs is 1. The third-order valence-corrected chi connectivity index (χ3v) is 6.44. The Morgan fingerprint density at radius 3 is 2.60 bits per heavy atom. The molecule has 0 bridgehead atoms. The molecule has 1 aliphatic heterocycles. The van der Waals surface area contributed by atoms with E-state index in [1.54, 1.807) is 0 Å². The molecular formula is C23H28N6O. The molecule has 0 atom stereocenters. The fourth-order valence-corrected chi connectivity index (χ4v) is 4.73. The monoisotopic (exact) mass is 404 g/mol. The number of benzene rings is 1. The highest BCUT2D eigenvalue weighted by Crippen LogP contribution is 2.32. The number of carbonyl (C=O) groups is 1. The number of nitrogens with zero attached hydrogens (tertiary/aromatic N) is 5. The highest BCUT2D eigenvalue weighted by Gasteiger charge is 2.33. The van der Waals surface area contributed by atoms with Crippen LogP contribution in [-0.2, 0) is 11.8 Å². The molecule has 7 nitrogen and oxygen atoms in total. The van der Waals surface area contributed by atoms with Crippen molar-refractivity contribution in [2.24, 2.45) is 13.0 Å². The molecule has 2 aromatic heterocycles. The van der Waals surface area contributed by atoms with Crippen molar-refractivity contribution in [3.63, 3.8) is 0 Å². The third kappa shape index (κ3) is 3.53. The maximum Gasteiger partial charge on any atom is 0.228 e. The van der Waals surface area contributed by atoms with Crippen molar-refractivity contribution in [1.29, 1.82) is 0 Å². The van der Waals surface area contributed by atoms with Crippen LogP contribution in [0, 0.1) is 12.8 Å². The Labute approximate surface area is 176 Å². The summed E-state index contributed by atoms with van der Waals surface area (Å²) in [6.07, 6.45) is 5.48. The van der Waals surface area contributed by atoms with Crippen molar-refractivity contribution in [3.8, 4) is 0 Å². The van der Waals surface area contributed by atoms with Gasteiger partial charge in [-0.15, -0.1) is 0 Å². The number of hydrogen-bond acceptors (Lipinski definition) is 5. The van der Waals surface area contributed by atoms with Crippen LogP contribution >= 0.6 is 0 Å². The molecule has 3 heterocycles. The van der Waals surface area contributed by atoms with E-state index in [2.05, 4.69) is 43.9 Å². The van der Waals surface area contributed by atoms with Crippen LogP contribution in [0.15, 0.2) is 30.3 Å². The first kappa shape index (κ1) is 19.0. The quantitative estimate of drug-likeness (QED) is 0.716. The summed E-state index contributed by atoms with van der Waals surface area (Å²) in [5.74, 6) is 3.86. The number of anilines is 2. The van der Waals surface area contributed by atoms with Gasteiger partial charge >= 0.3 is 0 Å². The molecule has 7 heteroatoms. The fraction of sp³-hybridized carbons (Fsp3) is 0.478. The van der Waals surface area contributed by atoms with Crippen molar-refractivity contribution < 1.29 is 4.79 Å². The Morgan fingerprint density at radius 2 is 1.83 bits per heavy atom. The smallest absolute Gasteiger partial charge is 0.228 e. The van der Waals surface area contributed by atoms with Crippen LogP contribution in [0.4, 0.5) is 11.6 Å². The van der Waals surface area contributed by atoms with Gasteiger partial charge in [0, 0.05) is 32.1 Å². The molecule has 2 fully saturated rings. The number of rotatable bonds is 4. The first-order valence-electron chi connectivity index (χ1n) is 10.9. The van der Waals surface area contributed by atoms with Crippen molar-refractivity contribution in [1.82, 2.24) is 19.5 Å². The number of amides is 1. The minimum absolute atomic E-state index is 0.0972. The first-order chi connectivity index (χ1) is 14.6. The number of aryl methyl sites for hydroxylation is 2. The highest BCUT2D eigenvalue weighted by atomic mass is 16.1. The SMILES string of the molecule is Cc1nc(NC(=O)C2CCCCC2)cc(N2CC(c3nc4ccccc4n3C)C2)n1. The molecule has 1 N–H and O–H groups in total. The van der Waals surface area contributed by atoms with E-state index in [9.17, 15) is 4.79 Å². The fourth-order valence-electron chi connectivity index (χ4n) is 4.73. The van der Waals surface area contributed by atoms with Crippen LogP contribution in [-0.4, -0.2) is 38.5 Å². The summed E-state index contributed by atoms with van der Waals surface area (Å²) in [4.78, 5) is 28.7. The molecule has 0 spiro atoms. The lowest BCUT2D eigenvalue weighted by molar-refractivity contribution is -0.120. The van der Waals surface area contributed by atoms with E-state index < -0.39 is 0 Å². The van der Waals surface area contributed by atoms with Crippen LogP contribution in [0.25, 0.3) is 11.0 Å². The van der Waals surface area contributed by atoms with Gasteiger partial charge in [0.15, 0.2) is 0 Å². The summed E-state index contributed by atoms with van der Waals surface area (Å²) in [5.41, 5.74) is 2.20. The van der Waals surface area contributed by atoms with Crippen molar-refractivity contribution >= 4 is 28.6 Å². The van der Waals surface area contributed by atoms with E-state index in [4.69, 9.17) is 4.98 Å². The molecule has 1 amide bonds. The molecular weight excluding hydrogens is 376 g/mol. The van der Waals surface area contributed by atoms with Crippen molar-refractivity contribution in [2.75, 3.05) is 23.3 Å². The van der Waals surface area contributed by atoms with Gasteiger partial charge in [0.25, 0.3) is 0 Å². The largest absolute Gasteiger partial charge is 0.355 e. The van der Waals surface area contributed by atoms with Crippen LogP contribution in [0.3, 0.4) is 0 Å². The van der Waals surface area contributed by atoms with Crippen molar-refractivity contribution in [3.05, 3.63) is 42.0 Å². The Morgan fingerprint density at radius 1 is 1.07 bits per heavy atom. The molecule has 1 aliphatic carbocycles. The van der Waals surface area contributed by atoms with Gasteiger partial charge in [-0.2, -0.15) is 0 Å². The Kier molecular flexibility index (Phi) is 4.89. The molecule has 1 aromatic carbocycles. The zero-order chi connectivity index (χ0) is 20.7. The molecule has 0 unspecified atom stereocenters.